The van der Waals surface area contributed by atoms with Crippen molar-refractivity contribution in [3.8, 4) is 5.75 Å². The molecule has 1 heterocycles. The molecule has 0 radical (unpaired) electrons. The number of carbonyl (C=O) groups is 1. The fourth-order valence-corrected chi connectivity index (χ4v) is 2.92. The predicted octanol–water partition coefficient (Wildman–Crippen LogP) is 3.92. The number of ether oxygens (including phenoxy) is 1. The zero-order valence-electron chi connectivity index (χ0n) is 12.7. The van der Waals surface area contributed by atoms with Crippen molar-refractivity contribution in [3.63, 3.8) is 0 Å². The summed E-state index contributed by atoms with van der Waals surface area (Å²) in [6, 6.07) is 11.2. The number of aliphatic hydroxyl groups is 1. The molecule has 0 aliphatic carbocycles. The van der Waals surface area contributed by atoms with Crippen LogP contribution < -0.4 is 4.74 Å². The Bertz CT molecular complexity index is 927. The lowest BCUT2D eigenvalue weighted by molar-refractivity contribution is -0.130. The molecule has 3 aromatic rings. The molecule has 0 fully saturated rings. The van der Waals surface area contributed by atoms with Gasteiger partial charge in [-0.1, -0.05) is 36.4 Å². The first-order valence-electron chi connectivity index (χ1n) is 7.22. The van der Waals surface area contributed by atoms with Gasteiger partial charge in [0.2, 0.25) is 0 Å². The van der Waals surface area contributed by atoms with E-state index in [9.17, 15) is 9.90 Å². The number of fused-ring (bicyclic) bond motifs is 3. The van der Waals surface area contributed by atoms with Crippen molar-refractivity contribution in [1.82, 2.24) is 4.57 Å². The average Bonchev–Trinajstić information content (AvgIpc) is 2.82. The number of rotatable bonds is 4. The lowest BCUT2D eigenvalue weighted by Crippen LogP contribution is -2.10. The highest BCUT2D eigenvalue weighted by Gasteiger charge is 2.18. The Morgan fingerprint density at radius 3 is 2.74 bits per heavy atom. The molecule has 4 nitrogen and oxygen atoms in total. The van der Waals surface area contributed by atoms with Crippen molar-refractivity contribution < 1.29 is 14.6 Å². The van der Waals surface area contributed by atoms with Crippen molar-refractivity contribution in [3.05, 3.63) is 53.6 Å². The summed E-state index contributed by atoms with van der Waals surface area (Å²) in [6.07, 6.45) is 0. The fourth-order valence-electron chi connectivity index (χ4n) is 2.71. The maximum Gasteiger partial charge on any atom is 0.338 e. The van der Waals surface area contributed by atoms with Crippen LogP contribution in [-0.2, 0) is 11.3 Å². The Balaban J connectivity index is 2.35. The number of aliphatic hydroxyl groups excluding tert-OH is 1. The van der Waals surface area contributed by atoms with Crippen LogP contribution in [0, 0.1) is 0 Å². The van der Waals surface area contributed by atoms with E-state index >= 15 is 0 Å². The van der Waals surface area contributed by atoms with Crippen molar-refractivity contribution in [2.24, 2.45) is 0 Å². The Labute approximate surface area is 138 Å². The van der Waals surface area contributed by atoms with Crippen LogP contribution in [-0.4, -0.2) is 22.2 Å². The van der Waals surface area contributed by atoms with Gasteiger partial charge in [0.25, 0.3) is 0 Å². The number of hydrogen-bond acceptors (Lipinski definition) is 3. The molecule has 3 rings (SSSR count). The molecule has 0 saturated heterocycles. The molecule has 0 unspecified atom stereocenters. The minimum atomic E-state index is -0.505. The van der Waals surface area contributed by atoms with Gasteiger partial charge in [-0.3, -0.25) is 0 Å². The van der Waals surface area contributed by atoms with Crippen LogP contribution in [0.4, 0.5) is 0 Å². The van der Waals surface area contributed by atoms with Crippen LogP contribution in [0.1, 0.15) is 6.92 Å². The van der Waals surface area contributed by atoms with Crippen molar-refractivity contribution in [1.29, 1.82) is 0 Å². The molecule has 5 heteroatoms. The number of halogens is 1. The van der Waals surface area contributed by atoms with Gasteiger partial charge >= 0.3 is 5.97 Å². The van der Waals surface area contributed by atoms with Crippen LogP contribution in [0.25, 0.3) is 21.8 Å². The summed E-state index contributed by atoms with van der Waals surface area (Å²) < 4.78 is 7.39. The van der Waals surface area contributed by atoms with Gasteiger partial charge in [-0.2, -0.15) is 0 Å². The number of para-hydroxylation sites is 1. The van der Waals surface area contributed by atoms with Crippen LogP contribution >= 0.6 is 11.6 Å². The number of aromatic nitrogens is 1. The molecule has 2 aromatic carbocycles. The Hall–Kier alpha value is -2.30. The number of nitrogens with zero attached hydrogens (tertiary/aromatic N) is 1. The third kappa shape index (κ3) is 2.71. The molecule has 0 amide bonds. The summed E-state index contributed by atoms with van der Waals surface area (Å²) >= 11 is 6.20. The molecule has 23 heavy (non-hydrogen) atoms. The van der Waals surface area contributed by atoms with E-state index in [4.69, 9.17) is 16.3 Å². The fraction of sp³-hybridized carbons (Fsp3) is 0.167. The minimum Gasteiger partial charge on any atom is -0.421 e. The summed E-state index contributed by atoms with van der Waals surface area (Å²) in [6.45, 7) is 5.56. The first-order valence-corrected chi connectivity index (χ1v) is 7.59. The van der Waals surface area contributed by atoms with Gasteiger partial charge in [0.15, 0.2) is 5.75 Å². The average molecular weight is 330 g/mol. The second-order valence-corrected chi connectivity index (χ2v) is 5.80. The molecule has 1 N–H and O–H groups in total. The molecule has 0 aliphatic heterocycles. The topological polar surface area (TPSA) is 51.5 Å². The maximum atomic E-state index is 11.9. The zero-order chi connectivity index (χ0) is 16.6. The Morgan fingerprint density at radius 1 is 1.30 bits per heavy atom. The normalized spacial score (nSPS) is 11.1. The van der Waals surface area contributed by atoms with Gasteiger partial charge in [-0.05, 0) is 19.1 Å². The van der Waals surface area contributed by atoms with Gasteiger partial charge in [0.1, 0.15) is 0 Å². The highest BCUT2D eigenvalue weighted by molar-refractivity contribution is 6.32. The lowest BCUT2D eigenvalue weighted by Gasteiger charge is -2.10. The predicted molar refractivity (Wildman–Crippen MR) is 92.0 cm³/mol. The molecule has 0 saturated carbocycles. The number of hydrogen-bond donors (Lipinski definition) is 1. The smallest absolute Gasteiger partial charge is 0.338 e. The summed E-state index contributed by atoms with van der Waals surface area (Å²) in [5.74, 6) is -0.139. The van der Waals surface area contributed by atoms with Crippen LogP contribution in [0.2, 0.25) is 5.02 Å². The van der Waals surface area contributed by atoms with E-state index in [1.54, 1.807) is 13.0 Å². The van der Waals surface area contributed by atoms with E-state index in [1.165, 1.54) is 0 Å². The third-order valence-electron chi connectivity index (χ3n) is 3.67. The molecule has 118 valence electrons. The van der Waals surface area contributed by atoms with Crippen LogP contribution in [0.15, 0.2) is 48.6 Å². The molecule has 1 aromatic heterocycles. The molecule has 0 atom stereocenters. The van der Waals surface area contributed by atoms with E-state index in [1.807, 2.05) is 34.9 Å². The highest BCUT2D eigenvalue weighted by atomic mass is 35.5. The zero-order valence-corrected chi connectivity index (χ0v) is 13.4. The third-order valence-corrected chi connectivity index (χ3v) is 3.89. The van der Waals surface area contributed by atoms with Gasteiger partial charge in [0.05, 0.1) is 12.1 Å². The molecular weight excluding hydrogens is 314 g/mol. The summed E-state index contributed by atoms with van der Waals surface area (Å²) in [7, 11) is 0. The SMILES string of the molecule is C=C(C)C(=O)Oc1cc(Cl)cc2c3ccccc3n(CCO)c12. The van der Waals surface area contributed by atoms with E-state index < -0.39 is 5.97 Å². The summed E-state index contributed by atoms with van der Waals surface area (Å²) in [5.41, 5.74) is 1.99. The minimum absolute atomic E-state index is 0.0235. The van der Waals surface area contributed by atoms with Gasteiger partial charge in [-0.25, -0.2) is 4.79 Å². The molecule has 0 spiro atoms. The van der Waals surface area contributed by atoms with Crippen molar-refractivity contribution in [2.45, 2.75) is 13.5 Å². The number of benzene rings is 2. The van der Waals surface area contributed by atoms with Crippen molar-refractivity contribution >= 4 is 39.4 Å². The molecule has 0 bridgehead atoms. The van der Waals surface area contributed by atoms with Gasteiger partial charge in [0, 0.05) is 39.5 Å². The summed E-state index contributed by atoms with van der Waals surface area (Å²) in [5, 5.41) is 11.8. The van der Waals surface area contributed by atoms with E-state index in [2.05, 4.69) is 6.58 Å². The largest absolute Gasteiger partial charge is 0.421 e. The highest BCUT2D eigenvalue weighted by Crippen LogP contribution is 2.37. The number of esters is 1. The van der Waals surface area contributed by atoms with Crippen LogP contribution in [0.5, 0.6) is 5.75 Å². The Kier molecular flexibility index (Phi) is 4.11. The first kappa shape index (κ1) is 15.6. The summed E-state index contributed by atoms with van der Waals surface area (Å²) in [4.78, 5) is 11.9. The Morgan fingerprint density at radius 2 is 2.04 bits per heavy atom. The van der Waals surface area contributed by atoms with E-state index in [0.29, 0.717) is 22.9 Å². The van der Waals surface area contributed by atoms with E-state index in [-0.39, 0.29) is 6.61 Å². The second kappa shape index (κ2) is 6.07. The van der Waals surface area contributed by atoms with E-state index in [0.717, 1.165) is 21.8 Å². The standard InChI is InChI=1S/C18H16ClNO3/c1-11(2)18(22)23-16-10-12(19)9-14-13-5-3-4-6-15(13)20(7-8-21)17(14)16/h3-6,9-10,21H,1,7-8H2,2H3. The lowest BCUT2D eigenvalue weighted by atomic mass is 10.1. The second-order valence-electron chi connectivity index (χ2n) is 5.36. The first-order chi connectivity index (χ1) is 11.0. The maximum absolute atomic E-state index is 11.9. The molecular formula is C18H16ClNO3. The van der Waals surface area contributed by atoms with Gasteiger partial charge < -0.3 is 14.4 Å². The quantitative estimate of drug-likeness (QED) is 0.448. The van der Waals surface area contributed by atoms with Crippen molar-refractivity contribution in [2.75, 3.05) is 6.61 Å². The molecule has 0 aliphatic rings. The van der Waals surface area contributed by atoms with Gasteiger partial charge in [-0.15, -0.1) is 0 Å². The van der Waals surface area contributed by atoms with Crippen LogP contribution in [0.3, 0.4) is 0 Å². The monoisotopic (exact) mass is 329 g/mol. The number of carbonyl (C=O) groups excluding carboxylic acids is 1.